The number of carbonyl (C=O) groups excluding carboxylic acids is 1. The zero-order valence-electron chi connectivity index (χ0n) is 9.37. The van der Waals surface area contributed by atoms with Gasteiger partial charge in [0, 0.05) is 0 Å². The second-order valence-corrected chi connectivity index (χ2v) is 3.77. The molecule has 0 saturated carbocycles. The molecule has 2 aromatic rings. The first-order chi connectivity index (χ1) is 8.77. The summed E-state index contributed by atoms with van der Waals surface area (Å²) in [6.07, 6.45) is 0. The summed E-state index contributed by atoms with van der Waals surface area (Å²) in [6, 6.07) is 7.28. The number of carbonyl (C=O) groups is 1. The number of para-hydroxylation sites is 2. The topological polar surface area (TPSA) is 94.5 Å². The van der Waals surface area contributed by atoms with E-state index >= 15 is 0 Å². The van der Waals surface area contributed by atoms with Gasteiger partial charge in [-0.25, -0.2) is 4.63 Å². The number of nitrogens with two attached hydrogens (primary N) is 1. The number of fused-ring (bicyclic) bond motifs is 1. The number of rotatable bonds is 1. The zero-order valence-corrected chi connectivity index (χ0v) is 9.37. The molecule has 1 aliphatic heterocycles. The van der Waals surface area contributed by atoms with E-state index in [4.69, 9.17) is 10.5 Å². The lowest BCUT2D eigenvalue weighted by Gasteiger charge is -2.28. The third-order valence-corrected chi connectivity index (χ3v) is 2.69. The lowest BCUT2D eigenvalue weighted by Crippen LogP contribution is -2.38. The van der Waals surface area contributed by atoms with Crippen LogP contribution < -0.4 is 15.4 Å². The number of nitrogens with zero attached hydrogens (tertiary/aromatic N) is 3. The second-order valence-electron chi connectivity index (χ2n) is 3.77. The van der Waals surface area contributed by atoms with Gasteiger partial charge in [0.1, 0.15) is 12.4 Å². The molecule has 0 aliphatic carbocycles. The number of benzene rings is 1. The highest BCUT2D eigenvalue weighted by molar-refractivity contribution is 6.08. The predicted molar refractivity (Wildman–Crippen MR) is 62.3 cm³/mol. The monoisotopic (exact) mass is 246 g/mol. The number of aromatic nitrogens is 2. The fourth-order valence-electron chi connectivity index (χ4n) is 1.85. The first-order valence-electron chi connectivity index (χ1n) is 5.39. The van der Waals surface area contributed by atoms with Gasteiger partial charge in [-0.05, 0) is 22.4 Å². The van der Waals surface area contributed by atoms with Crippen molar-refractivity contribution in [3.8, 4) is 5.75 Å². The van der Waals surface area contributed by atoms with Crippen LogP contribution in [0.5, 0.6) is 5.75 Å². The third-order valence-electron chi connectivity index (χ3n) is 2.69. The molecule has 1 amide bonds. The molecule has 0 bridgehead atoms. The normalized spacial score (nSPS) is 13.9. The van der Waals surface area contributed by atoms with E-state index in [-0.39, 0.29) is 17.4 Å². The second kappa shape index (κ2) is 4.02. The molecule has 1 aliphatic rings. The minimum atomic E-state index is -0.343. The standard InChI is InChI=1S/C11H10N4O3/c12-10-9(13-18-14-10)11(16)15-5-6-17-8-4-2-1-3-7(8)15/h1-4H,5-6H2,(H2,12,14). The van der Waals surface area contributed by atoms with Crippen molar-refractivity contribution >= 4 is 17.4 Å². The van der Waals surface area contributed by atoms with Gasteiger partial charge < -0.3 is 10.5 Å². The van der Waals surface area contributed by atoms with Crippen LogP contribution in [0, 0.1) is 0 Å². The van der Waals surface area contributed by atoms with Crippen LogP contribution in [0.1, 0.15) is 10.5 Å². The average Bonchev–Trinajstić information content (AvgIpc) is 2.83. The van der Waals surface area contributed by atoms with E-state index in [2.05, 4.69) is 14.9 Å². The molecule has 2 heterocycles. The number of amides is 1. The highest BCUT2D eigenvalue weighted by atomic mass is 16.6. The van der Waals surface area contributed by atoms with Gasteiger partial charge in [0.25, 0.3) is 5.91 Å². The number of hydrogen-bond donors (Lipinski definition) is 1. The number of ether oxygens (including phenoxy) is 1. The summed E-state index contributed by atoms with van der Waals surface area (Å²) in [6.45, 7) is 0.857. The average molecular weight is 246 g/mol. The minimum absolute atomic E-state index is 0.0102. The molecule has 3 rings (SSSR count). The van der Waals surface area contributed by atoms with Crippen LogP contribution in [0.2, 0.25) is 0 Å². The molecule has 0 atom stereocenters. The maximum atomic E-state index is 12.3. The van der Waals surface area contributed by atoms with Gasteiger partial charge in [0.15, 0.2) is 0 Å². The maximum Gasteiger partial charge on any atom is 0.284 e. The Balaban J connectivity index is 2.00. The maximum absolute atomic E-state index is 12.3. The summed E-state index contributed by atoms with van der Waals surface area (Å²) in [4.78, 5) is 13.8. The largest absolute Gasteiger partial charge is 0.490 e. The van der Waals surface area contributed by atoms with Gasteiger partial charge in [-0.2, -0.15) is 0 Å². The van der Waals surface area contributed by atoms with Gasteiger partial charge in [-0.3, -0.25) is 9.69 Å². The predicted octanol–water partition coefficient (Wildman–Crippen LogP) is 0.691. The molecule has 7 heteroatoms. The van der Waals surface area contributed by atoms with E-state index in [0.717, 1.165) is 0 Å². The van der Waals surface area contributed by atoms with Crippen molar-refractivity contribution in [1.29, 1.82) is 0 Å². The van der Waals surface area contributed by atoms with Gasteiger partial charge >= 0.3 is 0 Å². The Kier molecular flexibility index (Phi) is 2.36. The van der Waals surface area contributed by atoms with Crippen LogP contribution in [0.4, 0.5) is 11.5 Å². The van der Waals surface area contributed by atoms with Crippen molar-refractivity contribution in [2.45, 2.75) is 0 Å². The molecular weight excluding hydrogens is 236 g/mol. The van der Waals surface area contributed by atoms with E-state index in [1.807, 2.05) is 12.1 Å². The van der Waals surface area contributed by atoms with Gasteiger partial charge in [-0.15, -0.1) is 0 Å². The van der Waals surface area contributed by atoms with Crippen molar-refractivity contribution in [1.82, 2.24) is 10.3 Å². The Morgan fingerprint density at radius 3 is 2.94 bits per heavy atom. The van der Waals surface area contributed by atoms with E-state index in [0.29, 0.717) is 24.6 Å². The van der Waals surface area contributed by atoms with E-state index in [9.17, 15) is 4.79 Å². The van der Waals surface area contributed by atoms with Gasteiger partial charge in [0.05, 0.1) is 12.2 Å². The fourth-order valence-corrected chi connectivity index (χ4v) is 1.85. The molecule has 1 aromatic heterocycles. The Labute approximate surface area is 102 Å². The van der Waals surface area contributed by atoms with Crippen LogP contribution in [0.15, 0.2) is 28.9 Å². The van der Waals surface area contributed by atoms with E-state index in [1.54, 1.807) is 17.0 Å². The lowest BCUT2D eigenvalue weighted by molar-refractivity contribution is 0.0967. The quantitative estimate of drug-likeness (QED) is 0.795. The molecule has 7 nitrogen and oxygen atoms in total. The summed E-state index contributed by atoms with van der Waals surface area (Å²) < 4.78 is 9.91. The number of hydrogen-bond acceptors (Lipinski definition) is 6. The molecule has 0 unspecified atom stereocenters. The van der Waals surface area contributed by atoms with Crippen LogP contribution in [0.25, 0.3) is 0 Å². The molecule has 0 fully saturated rings. The minimum Gasteiger partial charge on any atom is -0.490 e. The Hall–Kier alpha value is -2.57. The lowest BCUT2D eigenvalue weighted by atomic mass is 10.2. The SMILES string of the molecule is Nc1nonc1C(=O)N1CCOc2ccccc21. The highest BCUT2D eigenvalue weighted by Gasteiger charge is 2.28. The van der Waals surface area contributed by atoms with Crippen molar-refractivity contribution in [2.24, 2.45) is 0 Å². The van der Waals surface area contributed by atoms with Crippen LogP contribution in [0.3, 0.4) is 0 Å². The Morgan fingerprint density at radius 2 is 2.17 bits per heavy atom. The fraction of sp³-hybridized carbons (Fsp3) is 0.182. The molecule has 18 heavy (non-hydrogen) atoms. The summed E-state index contributed by atoms with van der Waals surface area (Å²) in [5.41, 5.74) is 6.23. The molecule has 2 N–H and O–H groups in total. The first kappa shape index (κ1) is 10.6. The zero-order chi connectivity index (χ0) is 12.5. The molecule has 1 aromatic carbocycles. The van der Waals surface area contributed by atoms with E-state index < -0.39 is 0 Å². The van der Waals surface area contributed by atoms with Gasteiger partial charge in [-0.1, -0.05) is 12.1 Å². The summed E-state index contributed by atoms with van der Waals surface area (Å²) in [5, 5.41) is 6.92. The smallest absolute Gasteiger partial charge is 0.284 e. The summed E-state index contributed by atoms with van der Waals surface area (Å²) in [5.74, 6) is 0.306. The van der Waals surface area contributed by atoms with Crippen LogP contribution in [-0.2, 0) is 0 Å². The highest BCUT2D eigenvalue weighted by Crippen LogP contribution is 2.32. The number of nitrogen functional groups attached to an aromatic ring is 1. The van der Waals surface area contributed by atoms with E-state index in [1.165, 1.54) is 0 Å². The van der Waals surface area contributed by atoms with Crippen molar-refractivity contribution in [3.05, 3.63) is 30.0 Å². The van der Waals surface area contributed by atoms with Crippen LogP contribution in [-0.4, -0.2) is 29.4 Å². The van der Waals surface area contributed by atoms with Crippen molar-refractivity contribution in [3.63, 3.8) is 0 Å². The van der Waals surface area contributed by atoms with Gasteiger partial charge in [0.2, 0.25) is 11.5 Å². The van der Waals surface area contributed by atoms with Crippen molar-refractivity contribution < 1.29 is 14.2 Å². The Bertz CT molecular complexity index is 595. The summed E-state index contributed by atoms with van der Waals surface area (Å²) in [7, 11) is 0. The molecule has 0 saturated heterocycles. The third kappa shape index (κ3) is 1.56. The molecule has 92 valence electrons. The van der Waals surface area contributed by atoms with Crippen LogP contribution >= 0.6 is 0 Å². The summed E-state index contributed by atoms with van der Waals surface area (Å²) >= 11 is 0. The van der Waals surface area contributed by atoms with Crippen molar-refractivity contribution in [2.75, 3.05) is 23.8 Å². The molecule has 0 spiro atoms. The Morgan fingerprint density at radius 1 is 1.33 bits per heavy atom. The molecule has 0 radical (unpaired) electrons. The molecular formula is C11H10N4O3. The number of anilines is 2. The first-order valence-corrected chi connectivity index (χ1v) is 5.39.